The Hall–Kier alpha value is -3.41. The Kier molecular flexibility index (Phi) is 3.57. The SMILES string of the molecule is O=C1CCCC2=C1C(c1cccnc1)c1c([nH]n(-c3ccccc3)c1=O)N2. The molecule has 0 saturated heterocycles. The Balaban J connectivity index is 1.75. The van der Waals surface area contributed by atoms with Crippen molar-refractivity contribution >= 4 is 11.6 Å². The largest absolute Gasteiger partial charge is 0.343 e. The third-order valence-corrected chi connectivity index (χ3v) is 5.27. The van der Waals surface area contributed by atoms with Crippen molar-refractivity contribution in [2.45, 2.75) is 25.2 Å². The number of para-hydroxylation sites is 1. The number of Topliss-reactive ketones (excluding diaryl/α,β-unsaturated/α-hetero) is 1. The fourth-order valence-corrected chi connectivity index (χ4v) is 4.08. The molecule has 2 aromatic heterocycles. The number of carbonyl (C=O) groups excluding carboxylic acids is 1. The van der Waals surface area contributed by atoms with Gasteiger partial charge in [-0.25, -0.2) is 4.68 Å². The lowest BCUT2D eigenvalue weighted by molar-refractivity contribution is -0.116. The van der Waals surface area contributed by atoms with Crippen LogP contribution in [0.5, 0.6) is 0 Å². The Morgan fingerprint density at radius 1 is 1.04 bits per heavy atom. The summed E-state index contributed by atoms with van der Waals surface area (Å²) in [6, 6.07) is 13.2. The smallest absolute Gasteiger partial charge is 0.277 e. The number of aromatic nitrogens is 3. The topological polar surface area (TPSA) is 79.8 Å². The van der Waals surface area contributed by atoms with E-state index in [9.17, 15) is 9.59 Å². The number of anilines is 1. The Morgan fingerprint density at radius 2 is 1.89 bits per heavy atom. The van der Waals surface area contributed by atoms with Gasteiger partial charge in [0.05, 0.1) is 11.3 Å². The summed E-state index contributed by atoms with van der Waals surface area (Å²) in [6.07, 6.45) is 5.58. The van der Waals surface area contributed by atoms with Crippen LogP contribution in [0.2, 0.25) is 0 Å². The highest BCUT2D eigenvalue weighted by Gasteiger charge is 2.38. The lowest BCUT2D eigenvalue weighted by Gasteiger charge is -2.31. The van der Waals surface area contributed by atoms with E-state index >= 15 is 0 Å². The van der Waals surface area contributed by atoms with Crippen molar-refractivity contribution in [3.63, 3.8) is 0 Å². The van der Waals surface area contributed by atoms with Crippen molar-refractivity contribution in [1.82, 2.24) is 14.8 Å². The van der Waals surface area contributed by atoms with E-state index in [4.69, 9.17) is 0 Å². The highest BCUT2D eigenvalue weighted by Crippen LogP contribution is 2.43. The minimum Gasteiger partial charge on any atom is -0.343 e. The summed E-state index contributed by atoms with van der Waals surface area (Å²) in [5.41, 5.74) is 3.66. The van der Waals surface area contributed by atoms with Crippen LogP contribution in [0, 0.1) is 0 Å². The lowest BCUT2D eigenvalue weighted by atomic mass is 9.77. The van der Waals surface area contributed by atoms with Gasteiger partial charge in [-0.2, -0.15) is 0 Å². The average molecular weight is 358 g/mol. The van der Waals surface area contributed by atoms with Crippen molar-refractivity contribution in [3.05, 3.63) is 87.6 Å². The first kappa shape index (κ1) is 15.8. The molecule has 5 rings (SSSR count). The fraction of sp³-hybridized carbons (Fsp3) is 0.190. The molecule has 3 heterocycles. The van der Waals surface area contributed by atoms with Gasteiger partial charge in [0.2, 0.25) is 0 Å². The summed E-state index contributed by atoms with van der Waals surface area (Å²) in [4.78, 5) is 30.3. The van der Waals surface area contributed by atoms with Crippen molar-refractivity contribution in [2.75, 3.05) is 5.32 Å². The Bertz CT molecular complexity index is 1110. The summed E-state index contributed by atoms with van der Waals surface area (Å²) in [5.74, 6) is 0.368. The molecule has 1 aromatic carbocycles. The second-order valence-corrected chi connectivity index (χ2v) is 6.89. The van der Waals surface area contributed by atoms with E-state index in [0.717, 1.165) is 29.8 Å². The molecule has 134 valence electrons. The molecule has 0 fully saturated rings. The molecule has 27 heavy (non-hydrogen) atoms. The minimum atomic E-state index is -0.397. The Morgan fingerprint density at radius 3 is 2.67 bits per heavy atom. The minimum absolute atomic E-state index is 0.107. The van der Waals surface area contributed by atoms with Crippen LogP contribution in [0.3, 0.4) is 0 Å². The maximum atomic E-state index is 13.3. The van der Waals surface area contributed by atoms with Gasteiger partial charge in [0, 0.05) is 36.0 Å². The van der Waals surface area contributed by atoms with Gasteiger partial charge in [0.15, 0.2) is 5.78 Å². The van der Waals surface area contributed by atoms with Crippen LogP contribution in [0.1, 0.15) is 36.3 Å². The van der Waals surface area contributed by atoms with E-state index < -0.39 is 5.92 Å². The molecule has 1 aliphatic heterocycles. The van der Waals surface area contributed by atoms with Gasteiger partial charge in [-0.15, -0.1) is 0 Å². The molecular weight excluding hydrogens is 340 g/mol. The van der Waals surface area contributed by atoms with E-state index in [1.807, 2.05) is 42.5 Å². The first-order valence-corrected chi connectivity index (χ1v) is 9.07. The molecule has 0 saturated carbocycles. The molecule has 0 spiro atoms. The predicted octanol–water partition coefficient (Wildman–Crippen LogP) is 3.13. The molecule has 0 amide bonds. The quantitative estimate of drug-likeness (QED) is 0.738. The number of rotatable bonds is 2. The maximum absolute atomic E-state index is 13.3. The van der Waals surface area contributed by atoms with Gasteiger partial charge >= 0.3 is 0 Å². The summed E-state index contributed by atoms with van der Waals surface area (Å²) >= 11 is 0. The number of hydrogen-bond acceptors (Lipinski definition) is 4. The number of fused-ring (bicyclic) bond motifs is 1. The maximum Gasteiger partial charge on any atom is 0.277 e. The number of benzene rings is 1. The molecule has 1 atom stereocenters. The summed E-state index contributed by atoms with van der Waals surface area (Å²) in [6.45, 7) is 0. The summed E-state index contributed by atoms with van der Waals surface area (Å²) in [5, 5.41) is 6.52. The van der Waals surface area contributed by atoms with Gasteiger partial charge in [-0.3, -0.25) is 19.7 Å². The Labute approximate surface area is 155 Å². The number of nitrogens with zero attached hydrogens (tertiary/aromatic N) is 2. The monoisotopic (exact) mass is 358 g/mol. The molecule has 0 bridgehead atoms. The summed E-state index contributed by atoms with van der Waals surface area (Å²) < 4.78 is 1.53. The number of nitrogens with one attached hydrogen (secondary N) is 2. The number of ketones is 1. The molecule has 3 aromatic rings. The standard InChI is InChI=1S/C21H18N4O2/c26-16-10-4-9-15-18(16)17(13-6-5-11-22-12-13)19-20(23-15)24-25(21(19)27)14-7-2-1-3-8-14/h1-3,5-8,11-12,17,23-24H,4,9-10H2. The normalized spacial score (nSPS) is 18.7. The van der Waals surface area contributed by atoms with Gasteiger partial charge in [-0.05, 0) is 36.6 Å². The van der Waals surface area contributed by atoms with Gasteiger partial charge in [-0.1, -0.05) is 24.3 Å². The average Bonchev–Trinajstić information content (AvgIpc) is 3.04. The number of hydrogen-bond donors (Lipinski definition) is 2. The molecule has 2 aliphatic rings. The van der Waals surface area contributed by atoms with Gasteiger partial charge in [0.1, 0.15) is 5.82 Å². The zero-order valence-corrected chi connectivity index (χ0v) is 14.6. The number of pyridine rings is 1. The highest BCUT2D eigenvalue weighted by atomic mass is 16.1. The van der Waals surface area contributed by atoms with Gasteiger partial charge < -0.3 is 5.32 Å². The van der Waals surface area contributed by atoms with Crippen LogP contribution >= 0.6 is 0 Å². The van der Waals surface area contributed by atoms with Crippen molar-refractivity contribution in [3.8, 4) is 5.69 Å². The fourth-order valence-electron chi connectivity index (χ4n) is 4.08. The number of allylic oxidation sites excluding steroid dienone is 2. The van der Waals surface area contributed by atoms with Crippen molar-refractivity contribution in [2.24, 2.45) is 0 Å². The zero-order valence-electron chi connectivity index (χ0n) is 14.6. The van der Waals surface area contributed by atoms with Crippen LogP contribution in [0.15, 0.2) is 70.9 Å². The van der Waals surface area contributed by atoms with Crippen molar-refractivity contribution < 1.29 is 4.79 Å². The third kappa shape index (κ3) is 2.44. The molecular formula is C21H18N4O2. The molecule has 6 nitrogen and oxygen atoms in total. The summed E-state index contributed by atoms with van der Waals surface area (Å²) in [7, 11) is 0. The molecule has 1 unspecified atom stereocenters. The van der Waals surface area contributed by atoms with E-state index in [2.05, 4.69) is 15.4 Å². The molecule has 1 aliphatic carbocycles. The van der Waals surface area contributed by atoms with Crippen molar-refractivity contribution in [1.29, 1.82) is 0 Å². The van der Waals surface area contributed by atoms with E-state index in [1.54, 1.807) is 12.4 Å². The molecule has 0 radical (unpaired) electrons. The zero-order chi connectivity index (χ0) is 18.4. The third-order valence-electron chi connectivity index (χ3n) is 5.27. The van der Waals surface area contributed by atoms with Gasteiger partial charge in [0.25, 0.3) is 5.56 Å². The van der Waals surface area contributed by atoms with Crippen LogP contribution < -0.4 is 10.9 Å². The second kappa shape index (κ2) is 6.09. The lowest BCUT2D eigenvalue weighted by Crippen LogP contribution is -2.29. The highest BCUT2D eigenvalue weighted by molar-refractivity contribution is 6.00. The second-order valence-electron chi connectivity index (χ2n) is 6.89. The van der Waals surface area contributed by atoms with E-state index in [-0.39, 0.29) is 11.3 Å². The number of H-pyrrole nitrogens is 1. The first-order chi connectivity index (χ1) is 13.2. The first-order valence-electron chi connectivity index (χ1n) is 9.07. The van der Waals surface area contributed by atoms with Crippen LogP contribution in [-0.2, 0) is 4.79 Å². The van der Waals surface area contributed by atoms with Crippen LogP contribution in [0.25, 0.3) is 5.69 Å². The number of carbonyl (C=O) groups is 1. The van der Waals surface area contributed by atoms with E-state index in [1.165, 1.54) is 4.68 Å². The molecule has 2 N–H and O–H groups in total. The predicted molar refractivity (Wildman–Crippen MR) is 102 cm³/mol. The van der Waals surface area contributed by atoms with Crippen LogP contribution in [0.4, 0.5) is 5.82 Å². The number of aromatic amines is 1. The van der Waals surface area contributed by atoms with Crippen LogP contribution in [-0.4, -0.2) is 20.5 Å². The van der Waals surface area contributed by atoms with E-state index in [0.29, 0.717) is 23.4 Å². The molecule has 6 heteroatoms.